The van der Waals surface area contributed by atoms with Gasteiger partial charge >= 0.3 is 0 Å². The quantitative estimate of drug-likeness (QED) is 0.709. The summed E-state index contributed by atoms with van der Waals surface area (Å²) in [6, 6.07) is 1.08. The number of hydrogen-bond acceptors (Lipinski definition) is 4. The summed E-state index contributed by atoms with van der Waals surface area (Å²) in [6.45, 7) is 7.81. The normalized spacial score (nSPS) is 23.3. The lowest BCUT2D eigenvalue weighted by Gasteiger charge is -2.29. The van der Waals surface area contributed by atoms with Crippen LogP contribution in [0, 0.1) is 0 Å². The van der Waals surface area contributed by atoms with Crippen LogP contribution in [0.1, 0.15) is 39.0 Å². The minimum Gasteiger partial charge on any atom is -0.352 e. The van der Waals surface area contributed by atoms with Gasteiger partial charge < -0.3 is 11.1 Å². The number of nitrogens with zero attached hydrogens (tertiary/aromatic N) is 2. The third-order valence-corrected chi connectivity index (χ3v) is 4.42. The van der Waals surface area contributed by atoms with Gasteiger partial charge in [0.1, 0.15) is 0 Å². The van der Waals surface area contributed by atoms with Gasteiger partial charge in [0.2, 0.25) is 5.91 Å². The van der Waals surface area contributed by atoms with Crippen LogP contribution in [-0.2, 0) is 4.79 Å². The number of nitrogens with two attached hydrogens (primary N) is 1. The van der Waals surface area contributed by atoms with E-state index in [4.69, 9.17) is 5.73 Å². The summed E-state index contributed by atoms with van der Waals surface area (Å²) >= 11 is 0. The van der Waals surface area contributed by atoms with Crippen molar-refractivity contribution in [2.24, 2.45) is 5.73 Å². The van der Waals surface area contributed by atoms with Gasteiger partial charge in [-0.25, -0.2) is 0 Å². The maximum absolute atomic E-state index is 11.9. The van der Waals surface area contributed by atoms with Crippen molar-refractivity contribution in [2.45, 2.75) is 51.1 Å². The molecule has 0 aromatic rings. The van der Waals surface area contributed by atoms with Crippen LogP contribution in [0.25, 0.3) is 0 Å². The van der Waals surface area contributed by atoms with Gasteiger partial charge in [0.25, 0.3) is 0 Å². The molecule has 5 heteroatoms. The molecule has 2 fully saturated rings. The molecule has 1 saturated heterocycles. The highest BCUT2D eigenvalue weighted by Crippen LogP contribution is 2.18. The molecule has 1 aliphatic carbocycles. The second-order valence-electron chi connectivity index (χ2n) is 6.15. The van der Waals surface area contributed by atoms with Crippen molar-refractivity contribution in [1.82, 2.24) is 15.1 Å². The molecule has 0 spiro atoms. The first kappa shape index (κ1) is 15.7. The van der Waals surface area contributed by atoms with Crippen LogP contribution in [0.15, 0.2) is 0 Å². The Morgan fingerprint density at radius 2 is 2.10 bits per heavy atom. The van der Waals surface area contributed by atoms with Crippen LogP contribution in [0.4, 0.5) is 0 Å². The van der Waals surface area contributed by atoms with E-state index in [0.717, 1.165) is 58.4 Å². The molecule has 2 rings (SSSR count). The lowest BCUT2D eigenvalue weighted by Crippen LogP contribution is -2.41. The molecule has 0 aromatic heterocycles. The molecule has 116 valence electrons. The Balaban J connectivity index is 1.74. The van der Waals surface area contributed by atoms with E-state index in [-0.39, 0.29) is 5.91 Å². The highest BCUT2D eigenvalue weighted by Gasteiger charge is 2.25. The van der Waals surface area contributed by atoms with Gasteiger partial charge in [-0.2, -0.15) is 0 Å². The van der Waals surface area contributed by atoms with Gasteiger partial charge in [0.15, 0.2) is 0 Å². The van der Waals surface area contributed by atoms with E-state index in [9.17, 15) is 4.79 Å². The molecule has 0 radical (unpaired) electrons. The Morgan fingerprint density at radius 3 is 2.75 bits per heavy atom. The maximum atomic E-state index is 11.9. The zero-order valence-corrected chi connectivity index (χ0v) is 12.8. The van der Waals surface area contributed by atoms with Crippen molar-refractivity contribution in [3.05, 3.63) is 0 Å². The summed E-state index contributed by atoms with van der Waals surface area (Å²) in [5.74, 6) is 0.204. The van der Waals surface area contributed by atoms with Crippen molar-refractivity contribution in [3.8, 4) is 0 Å². The standard InChI is InChI=1S/C15H30N4O/c1-2-14(6-7-16)19-9-3-8-18(10-11-19)12-15(20)17-13-4-5-13/h13-14H,2-12,16H2,1H3,(H,17,20). The van der Waals surface area contributed by atoms with Crippen LogP contribution in [-0.4, -0.2) is 67.1 Å². The number of amides is 1. The largest absolute Gasteiger partial charge is 0.352 e. The predicted molar refractivity (Wildman–Crippen MR) is 81.5 cm³/mol. The number of hydrogen-bond donors (Lipinski definition) is 2. The summed E-state index contributed by atoms with van der Waals surface area (Å²) in [5.41, 5.74) is 5.71. The number of carbonyl (C=O) groups excluding carboxylic acids is 1. The van der Waals surface area contributed by atoms with Gasteiger partial charge in [-0.1, -0.05) is 6.92 Å². The summed E-state index contributed by atoms with van der Waals surface area (Å²) < 4.78 is 0. The Labute approximate surface area is 122 Å². The first-order valence-corrected chi connectivity index (χ1v) is 8.18. The fourth-order valence-corrected chi connectivity index (χ4v) is 3.06. The molecular weight excluding hydrogens is 252 g/mol. The molecule has 1 unspecified atom stereocenters. The molecule has 2 aliphatic rings. The monoisotopic (exact) mass is 282 g/mol. The van der Waals surface area contributed by atoms with Gasteiger partial charge in [-0.15, -0.1) is 0 Å². The van der Waals surface area contributed by atoms with Gasteiger partial charge in [-0.05, 0) is 51.7 Å². The van der Waals surface area contributed by atoms with Crippen molar-refractivity contribution < 1.29 is 4.79 Å². The number of rotatable bonds is 7. The van der Waals surface area contributed by atoms with Crippen LogP contribution >= 0.6 is 0 Å². The Bertz CT molecular complexity index is 306. The van der Waals surface area contributed by atoms with E-state index in [1.165, 1.54) is 6.42 Å². The highest BCUT2D eigenvalue weighted by atomic mass is 16.2. The fraction of sp³-hybridized carbons (Fsp3) is 0.933. The molecule has 20 heavy (non-hydrogen) atoms. The van der Waals surface area contributed by atoms with Crippen molar-refractivity contribution >= 4 is 5.91 Å². The maximum Gasteiger partial charge on any atom is 0.234 e. The Kier molecular flexibility index (Phi) is 6.26. The molecule has 1 atom stereocenters. The van der Waals surface area contributed by atoms with Crippen LogP contribution < -0.4 is 11.1 Å². The Morgan fingerprint density at radius 1 is 1.30 bits per heavy atom. The van der Waals surface area contributed by atoms with Crippen LogP contribution in [0.3, 0.4) is 0 Å². The Hall–Kier alpha value is -0.650. The molecule has 1 heterocycles. The van der Waals surface area contributed by atoms with Crippen molar-refractivity contribution in [2.75, 3.05) is 39.3 Å². The predicted octanol–water partition coefficient (Wildman–Crippen LogP) is 0.400. The summed E-state index contributed by atoms with van der Waals surface area (Å²) in [7, 11) is 0. The SMILES string of the molecule is CCC(CCN)N1CCCN(CC(=O)NC2CC2)CC1. The highest BCUT2D eigenvalue weighted by molar-refractivity contribution is 5.78. The van der Waals surface area contributed by atoms with E-state index < -0.39 is 0 Å². The van der Waals surface area contributed by atoms with E-state index in [0.29, 0.717) is 18.6 Å². The fourth-order valence-electron chi connectivity index (χ4n) is 3.06. The summed E-state index contributed by atoms with van der Waals surface area (Å²) in [4.78, 5) is 16.7. The molecule has 0 bridgehead atoms. The lowest BCUT2D eigenvalue weighted by molar-refractivity contribution is -0.122. The first-order valence-electron chi connectivity index (χ1n) is 8.18. The van der Waals surface area contributed by atoms with Crippen molar-refractivity contribution in [1.29, 1.82) is 0 Å². The van der Waals surface area contributed by atoms with Crippen LogP contribution in [0.5, 0.6) is 0 Å². The number of carbonyl (C=O) groups is 1. The number of nitrogens with one attached hydrogen (secondary N) is 1. The van der Waals surface area contributed by atoms with E-state index in [1.807, 2.05) is 0 Å². The molecule has 3 N–H and O–H groups in total. The average molecular weight is 282 g/mol. The lowest BCUT2D eigenvalue weighted by atomic mass is 10.1. The van der Waals surface area contributed by atoms with E-state index in [2.05, 4.69) is 22.0 Å². The zero-order chi connectivity index (χ0) is 14.4. The molecular formula is C15H30N4O. The summed E-state index contributed by atoms with van der Waals surface area (Å²) in [5, 5.41) is 3.08. The van der Waals surface area contributed by atoms with E-state index >= 15 is 0 Å². The topological polar surface area (TPSA) is 61.6 Å². The average Bonchev–Trinajstić information content (AvgIpc) is 3.24. The van der Waals surface area contributed by atoms with Gasteiger partial charge in [0.05, 0.1) is 6.54 Å². The molecule has 1 aliphatic heterocycles. The second-order valence-corrected chi connectivity index (χ2v) is 6.15. The van der Waals surface area contributed by atoms with Crippen LogP contribution in [0.2, 0.25) is 0 Å². The second kappa shape index (κ2) is 7.96. The molecule has 0 aromatic carbocycles. The minimum absolute atomic E-state index is 0.204. The third-order valence-electron chi connectivity index (χ3n) is 4.42. The first-order chi connectivity index (χ1) is 9.72. The van der Waals surface area contributed by atoms with Gasteiger partial charge in [0, 0.05) is 25.2 Å². The smallest absolute Gasteiger partial charge is 0.234 e. The summed E-state index contributed by atoms with van der Waals surface area (Å²) in [6.07, 6.45) is 5.73. The van der Waals surface area contributed by atoms with Gasteiger partial charge in [-0.3, -0.25) is 14.6 Å². The third kappa shape index (κ3) is 5.04. The zero-order valence-electron chi connectivity index (χ0n) is 12.8. The van der Waals surface area contributed by atoms with Crippen molar-refractivity contribution in [3.63, 3.8) is 0 Å². The molecule has 1 saturated carbocycles. The minimum atomic E-state index is 0.204. The van der Waals surface area contributed by atoms with E-state index in [1.54, 1.807) is 0 Å². The molecule has 5 nitrogen and oxygen atoms in total. The molecule has 1 amide bonds.